The Kier molecular flexibility index (Phi) is 3.25. The van der Waals surface area contributed by atoms with Crippen LogP contribution in [0.2, 0.25) is 0 Å². The maximum Gasteiger partial charge on any atom is 0.152 e. The number of carbonyl (C=O) groups is 1. The quantitative estimate of drug-likeness (QED) is 0.799. The van der Waals surface area contributed by atoms with E-state index in [9.17, 15) is 4.79 Å². The van der Waals surface area contributed by atoms with E-state index in [1.54, 1.807) is 7.11 Å². The van der Waals surface area contributed by atoms with Gasteiger partial charge in [-0.1, -0.05) is 30.3 Å². The Labute approximate surface area is 117 Å². The van der Waals surface area contributed by atoms with Crippen molar-refractivity contribution in [3.05, 3.63) is 65.2 Å². The van der Waals surface area contributed by atoms with Crippen LogP contribution < -0.4 is 9.47 Å². The Bertz CT molecular complexity index is 659. The highest BCUT2D eigenvalue weighted by atomic mass is 16.5. The molecule has 1 aliphatic rings. The third-order valence-corrected chi connectivity index (χ3v) is 3.33. The molecule has 1 atom stereocenters. The predicted octanol–water partition coefficient (Wildman–Crippen LogP) is 3.41. The highest BCUT2D eigenvalue weighted by Crippen LogP contribution is 2.38. The lowest BCUT2D eigenvalue weighted by Gasteiger charge is -2.25. The summed E-state index contributed by atoms with van der Waals surface area (Å²) in [5.74, 6) is 1.46. The molecular formula is C17H14O3. The van der Waals surface area contributed by atoms with Gasteiger partial charge in [-0.3, -0.25) is 4.79 Å². The molecule has 1 heterocycles. The summed E-state index contributed by atoms with van der Waals surface area (Å²) in [5, 5.41) is 0. The minimum absolute atomic E-state index is 0.367. The molecule has 0 amide bonds. The largest absolute Gasteiger partial charge is 0.497 e. The number of fused-ring (bicyclic) bond motifs is 1. The second-order valence-corrected chi connectivity index (χ2v) is 4.57. The maximum atomic E-state index is 11.3. The number of ether oxygens (including phenoxy) is 2. The molecule has 3 heteroatoms. The van der Waals surface area contributed by atoms with Crippen molar-refractivity contribution >= 4 is 12.4 Å². The van der Waals surface area contributed by atoms with E-state index in [2.05, 4.69) is 0 Å². The van der Waals surface area contributed by atoms with Gasteiger partial charge in [0.15, 0.2) is 6.10 Å². The molecule has 1 aliphatic heterocycles. The van der Waals surface area contributed by atoms with Gasteiger partial charge in [0, 0.05) is 17.2 Å². The lowest BCUT2D eigenvalue weighted by Crippen LogP contribution is -2.15. The molecule has 0 radical (unpaired) electrons. The second kappa shape index (κ2) is 5.21. The van der Waals surface area contributed by atoms with E-state index in [0.29, 0.717) is 5.57 Å². The summed E-state index contributed by atoms with van der Waals surface area (Å²) in [6.45, 7) is 0. The molecule has 0 spiro atoms. The van der Waals surface area contributed by atoms with E-state index in [1.165, 1.54) is 0 Å². The Morgan fingerprint density at radius 3 is 2.65 bits per heavy atom. The molecule has 0 aromatic heterocycles. The van der Waals surface area contributed by atoms with E-state index < -0.39 is 0 Å². The molecule has 3 nitrogen and oxygen atoms in total. The molecule has 0 saturated carbocycles. The monoisotopic (exact) mass is 266 g/mol. The predicted molar refractivity (Wildman–Crippen MR) is 76.8 cm³/mol. The first-order chi connectivity index (χ1) is 9.81. The Hall–Kier alpha value is -2.55. The number of carbonyl (C=O) groups excluding carboxylic acids is 1. The first kappa shape index (κ1) is 12.5. The number of hydrogen-bond acceptors (Lipinski definition) is 3. The van der Waals surface area contributed by atoms with Crippen LogP contribution in [0.3, 0.4) is 0 Å². The van der Waals surface area contributed by atoms with Crippen LogP contribution in [0.15, 0.2) is 54.1 Å². The fraction of sp³-hybridized carbons (Fsp3) is 0.118. The fourth-order valence-corrected chi connectivity index (χ4v) is 2.30. The first-order valence-corrected chi connectivity index (χ1v) is 6.38. The van der Waals surface area contributed by atoms with Gasteiger partial charge in [-0.2, -0.15) is 0 Å². The van der Waals surface area contributed by atoms with Crippen LogP contribution in [-0.2, 0) is 4.79 Å². The van der Waals surface area contributed by atoms with E-state index in [-0.39, 0.29) is 6.10 Å². The molecule has 3 rings (SSSR count). The van der Waals surface area contributed by atoms with Crippen LogP contribution in [0.5, 0.6) is 11.5 Å². The minimum atomic E-state index is -0.367. The average Bonchev–Trinajstić information content (AvgIpc) is 2.53. The van der Waals surface area contributed by atoms with Gasteiger partial charge in [-0.05, 0) is 23.8 Å². The molecule has 0 aliphatic carbocycles. The van der Waals surface area contributed by atoms with Crippen molar-refractivity contribution in [2.75, 3.05) is 7.11 Å². The summed E-state index contributed by atoms with van der Waals surface area (Å²) in [4.78, 5) is 11.3. The van der Waals surface area contributed by atoms with Crippen molar-refractivity contribution in [2.45, 2.75) is 6.10 Å². The van der Waals surface area contributed by atoms with Crippen LogP contribution in [0.4, 0.5) is 0 Å². The topological polar surface area (TPSA) is 35.5 Å². The highest BCUT2D eigenvalue weighted by Gasteiger charge is 2.24. The smallest absolute Gasteiger partial charge is 0.152 e. The van der Waals surface area contributed by atoms with E-state index in [0.717, 1.165) is 28.9 Å². The summed E-state index contributed by atoms with van der Waals surface area (Å²) in [6, 6.07) is 15.3. The Morgan fingerprint density at radius 1 is 1.15 bits per heavy atom. The van der Waals surface area contributed by atoms with Crippen LogP contribution in [0.1, 0.15) is 17.2 Å². The number of methoxy groups -OCH3 is 1. The average molecular weight is 266 g/mol. The van der Waals surface area contributed by atoms with Crippen LogP contribution in [0, 0.1) is 0 Å². The molecule has 0 bridgehead atoms. The zero-order valence-corrected chi connectivity index (χ0v) is 11.1. The zero-order valence-electron chi connectivity index (χ0n) is 11.1. The van der Waals surface area contributed by atoms with E-state index >= 15 is 0 Å². The van der Waals surface area contributed by atoms with Crippen molar-refractivity contribution in [2.24, 2.45) is 0 Å². The number of aldehydes is 1. The normalized spacial score (nSPS) is 16.6. The Balaban J connectivity index is 2.05. The van der Waals surface area contributed by atoms with Gasteiger partial charge in [0.1, 0.15) is 17.8 Å². The molecule has 0 fully saturated rings. The van der Waals surface area contributed by atoms with Gasteiger partial charge in [0.05, 0.1) is 7.11 Å². The standard InChI is InChI=1S/C17H14O3/c1-19-15-8-7-13-9-14(11-18)17(20-16(13)10-15)12-5-3-2-4-6-12/h2-11,17H,1H3/t17-/m1/s1. The lowest BCUT2D eigenvalue weighted by molar-refractivity contribution is -0.105. The van der Waals surface area contributed by atoms with Crippen LogP contribution in [0.25, 0.3) is 6.08 Å². The summed E-state index contributed by atoms with van der Waals surface area (Å²) in [6.07, 6.45) is 2.35. The van der Waals surface area contributed by atoms with Gasteiger partial charge in [0.2, 0.25) is 0 Å². The first-order valence-electron chi connectivity index (χ1n) is 6.38. The van der Waals surface area contributed by atoms with Gasteiger partial charge < -0.3 is 9.47 Å². The van der Waals surface area contributed by atoms with Crippen molar-refractivity contribution in [1.82, 2.24) is 0 Å². The molecule has 2 aromatic rings. The number of rotatable bonds is 3. The van der Waals surface area contributed by atoms with Crippen LogP contribution >= 0.6 is 0 Å². The number of benzene rings is 2. The van der Waals surface area contributed by atoms with Gasteiger partial charge in [-0.25, -0.2) is 0 Å². The highest BCUT2D eigenvalue weighted by molar-refractivity contribution is 5.86. The molecule has 0 N–H and O–H groups in total. The summed E-state index contributed by atoms with van der Waals surface area (Å²) in [7, 11) is 1.62. The lowest BCUT2D eigenvalue weighted by atomic mass is 9.97. The Morgan fingerprint density at radius 2 is 1.95 bits per heavy atom. The van der Waals surface area contributed by atoms with E-state index in [1.807, 2.05) is 54.6 Å². The number of hydrogen-bond donors (Lipinski definition) is 0. The van der Waals surface area contributed by atoms with Gasteiger partial charge >= 0.3 is 0 Å². The van der Waals surface area contributed by atoms with Gasteiger partial charge in [0.25, 0.3) is 0 Å². The van der Waals surface area contributed by atoms with Crippen molar-refractivity contribution < 1.29 is 14.3 Å². The third kappa shape index (κ3) is 2.18. The summed E-state index contributed by atoms with van der Waals surface area (Å²) in [5.41, 5.74) is 2.47. The SMILES string of the molecule is COc1ccc2c(c1)O[C@H](c1ccccc1)C(C=O)=C2. The fourth-order valence-electron chi connectivity index (χ4n) is 2.30. The van der Waals surface area contributed by atoms with Crippen molar-refractivity contribution in [1.29, 1.82) is 0 Å². The molecule has 100 valence electrons. The van der Waals surface area contributed by atoms with Crippen molar-refractivity contribution in [3.8, 4) is 11.5 Å². The third-order valence-electron chi connectivity index (χ3n) is 3.33. The molecular weight excluding hydrogens is 252 g/mol. The van der Waals surface area contributed by atoms with Gasteiger partial charge in [-0.15, -0.1) is 0 Å². The van der Waals surface area contributed by atoms with Crippen LogP contribution in [-0.4, -0.2) is 13.4 Å². The molecule has 0 saturated heterocycles. The van der Waals surface area contributed by atoms with E-state index in [4.69, 9.17) is 9.47 Å². The summed E-state index contributed by atoms with van der Waals surface area (Å²) >= 11 is 0. The zero-order chi connectivity index (χ0) is 13.9. The van der Waals surface area contributed by atoms with Crippen molar-refractivity contribution in [3.63, 3.8) is 0 Å². The molecule has 0 unspecified atom stereocenters. The summed E-state index contributed by atoms with van der Waals surface area (Å²) < 4.78 is 11.2. The minimum Gasteiger partial charge on any atom is -0.497 e. The second-order valence-electron chi connectivity index (χ2n) is 4.57. The molecule has 2 aromatic carbocycles. The molecule has 20 heavy (non-hydrogen) atoms. The maximum absolute atomic E-state index is 11.3.